The van der Waals surface area contributed by atoms with Gasteiger partial charge in [-0.3, -0.25) is 19.0 Å². The summed E-state index contributed by atoms with van der Waals surface area (Å²) < 4.78 is 50.8. The number of methoxy groups -OCH3 is 2. The number of rotatable bonds is 17. The number of nitrogens with one attached hydrogen (secondary N) is 1. The van der Waals surface area contributed by atoms with E-state index in [0.717, 1.165) is 38.2 Å². The van der Waals surface area contributed by atoms with Gasteiger partial charge in [-0.2, -0.15) is 9.97 Å². The summed E-state index contributed by atoms with van der Waals surface area (Å²) >= 11 is 0. The van der Waals surface area contributed by atoms with Crippen LogP contribution in [0.1, 0.15) is 73.4 Å². The third-order valence-corrected chi connectivity index (χ3v) is 13.6. The summed E-state index contributed by atoms with van der Waals surface area (Å²) in [5.74, 6) is -0.579. The van der Waals surface area contributed by atoms with Crippen LogP contribution in [0.2, 0.25) is 0 Å². The molecular weight excluding hydrogens is 959 g/mol. The highest BCUT2D eigenvalue weighted by Crippen LogP contribution is 2.49. The number of esters is 3. The van der Waals surface area contributed by atoms with Gasteiger partial charge in [-0.15, -0.1) is 0 Å². The first-order chi connectivity index (χ1) is 36.4. The van der Waals surface area contributed by atoms with Crippen LogP contribution in [0.25, 0.3) is 32.7 Å². The predicted octanol–water partition coefficient (Wildman–Crippen LogP) is 9.01. The Morgan fingerprint density at radius 1 is 0.760 bits per heavy atom. The van der Waals surface area contributed by atoms with Crippen molar-refractivity contribution in [3.63, 3.8) is 0 Å². The molecule has 1 saturated heterocycles. The monoisotopic (exact) mass is 1010 g/mol. The molecule has 0 unspecified atom stereocenters. The van der Waals surface area contributed by atoms with Crippen LogP contribution in [-0.2, 0) is 43.7 Å². The average molecular weight is 1010 g/mol. The zero-order valence-electron chi connectivity index (χ0n) is 41.9. The van der Waals surface area contributed by atoms with Crippen LogP contribution < -0.4 is 19.5 Å². The fourth-order valence-electron chi connectivity index (χ4n) is 10.4. The van der Waals surface area contributed by atoms with Crippen molar-refractivity contribution in [2.45, 2.75) is 75.6 Å². The summed E-state index contributed by atoms with van der Waals surface area (Å²) in [7, 11) is 3.23. The number of benzene rings is 6. The lowest BCUT2D eigenvalue weighted by molar-refractivity contribution is -0.187. The number of hydrogen-bond acceptors (Lipinski definition) is 16. The van der Waals surface area contributed by atoms with Crippen molar-refractivity contribution >= 4 is 56.6 Å². The highest BCUT2D eigenvalue weighted by atomic mass is 16.6. The Kier molecular flexibility index (Phi) is 14.2. The van der Waals surface area contributed by atoms with E-state index in [4.69, 9.17) is 52.8 Å². The predicted molar refractivity (Wildman–Crippen MR) is 277 cm³/mol. The molecule has 0 amide bonds. The molecule has 2 aromatic heterocycles. The molecule has 0 bridgehead atoms. The van der Waals surface area contributed by atoms with Gasteiger partial charge in [-0.25, -0.2) is 4.98 Å². The molecule has 384 valence electrons. The number of aromatic nitrogens is 4. The second-order valence-electron chi connectivity index (χ2n) is 18.3. The van der Waals surface area contributed by atoms with E-state index in [0.29, 0.717) is 22.6 Å². The Labute approximate surface area is 431 Å². The molecule has 8 aromatic rings. The molecule has 1 aliphatic carbocycles. The highest BCUT2D eigenvalue weighted by molar-refractivity contribution is 6.10. The van der Waals surface area contributed by atoms with Gasteiger partial charge in [0, 0.05) is 32.8 Å². The van der Waals surface area contributed by atoms with E-state index >= 15 is 0 Å². The van der Waals surface area contributed by atoms with E-state index < -0.39 is 66.3 Å². The first-order valence-corrected chi connectivity index (χ1v) is 24.4. The molecule has 75 heavy (non-hydrogen) atoms. The van der Waals surface area contributed by atoms with Crippen LogP contribution in [0, 0.1) is 0 Å². The number of aliphatic hydroxyl groups is 1. The van der Waals surface area contributed by atoms with Gasteiger partial charge < -0.3 is 48.3 Å². The smallest absolute Gasteiger partial charge is 0.303 e. The summed E-state index contributed by atoms with van der Waals surface area (Å²) in [5.41, 5.74) is 2.95. The van der Waals surface area contributed by atoms with Crippen molar-refractivity contribution in [1.29, 1.82) is 0 Å². The fraction of sp³-hybridized carbons (Fsp3) is 0.276. The molecular formula is C58H55N5O12. The number of nitrogens with zero attached hydrogens (tertiary/aromatic N) is 4. The molecule has 1 aliphatic heterocycles. The van der Waals surface area contributed by atoms with Crippen LogP contribution in [0.5, 0.6) is 17.4 Å². The Hall–Kier alpha value is -8.38. The normalized spacial score (nSPS) is 20.3. The van der Waals surface area contributed by atoms with Gasteiger partial charge in [0.05, 0.1) is 39.3 Å². The van der Waals surface area contributed by atoms with Crippen LogP contribution in [-0.4, -0.2) is 94.4 Å². The van der Waals surface area contributed by atoms with Crippen molar-refractivity contribution < 1.29 is 57.4 Å². The third-order valence-electron chi connectivity index (χ3n) is 13.6. The van der Waals surface area contributed by atoms with Gasteiger partial charge in [0.1, 0.15) is 36.0 Å². The zero-order chi connectivity index (χ0) is 52.4. The summed E-state index contributed by atoms with van der Waals surface area (Å²) in [6.07, 6.45) is -3.21. The van der Waals surface area contributed by atoms with Gasteiger partial charge in [-0.1, -0.05) is 116 Å². The lowest BCUT2D eigenvalue weighted by Gasteiger charge is -2.42. The molecule has 2 N–H and O–H groups in total. The first kappa shape index (κ1) is 50.2. The van der Waals surface area contributed by atoms with E-state index in [9.17, 15) is 19.5 Å². The van der Waals surface area contributed by atoms with Gasteiger partial charge in [0.15, 0.2) is 29.5 Å². The largest absolute Gasteiger partial charge is 0.497 e. The Morgan fingerprint density at radius 2 is 1.37 bits per heavy atom. The Bertz CT molecular complexity index is 3360. The molecule has 6 aromatic carbocycles. The van der Waals surface area contributed by atoms with E-state index in [1.165, 1.54) is 20.8 Å². The molecule has 0 spiro atoms. The SMILES string of the molecule is C=CCOc1nc(N[C@H]2c3c(ccc4ccc5ccccc5c34)[C@H](OC(C)=O)[C@@H](OC(C)=O)[C@H]2OC(C)=O)nc2c1ncn2[C@H]1C[C@H](O)[C@@H](COC(c2ccccc2)(c2ccc(OC)cc2)c2ccc(OC)cc2)O1. The second kappa shape index (κ2) is 21.2. The molecule has 3 heterocycles. The second-order valence-corrected chi connectivity index (χ2v) is 18.3. The molecule has 17 heteroatoms. The molecule has 0 radical (unpaired) electrons. The number of hydrogen-bond donors (Lipinski definition) is 2. The minimum absolute atomic E-state index is 0.00576. The maximum Gasteiger partial charge on any atom is 0.303 e. The van der Waals surface area contributed by atoms with Crippen molar-refractivity contribution in [2.24, 2.45) is 0 Å². The Morgan fingerprint density at radius 3 is 2.03 bits per heavy atom. The van der Waals surface area contributed by atoms with Crippen molar-refractivity contribution in [1.82, 2.24) is 19.5 Å². The van der Waals surface area contributed by atoms with Crippen LogP contribution in [0.15, 0.2) is 146 Å². The summed E-state index contributed by atoms with van der Waals surface area (Å²) in [4.78, 5) is 53.5. The molecule has 0 saturated carbocycles. The Balaban J connectivity index is 1.05. The number of carbonyl (C=O) groups excluding carboxylic acids is 3. The maximum absolute atomic E-state index is 13.2. The summed E-state index contributed by atoms with van der Waals surface area (Å²) in [6.45, 7) is 7.57. The number of anilines is 1. The summed E-state index contributed by atoms with van der Waals surface area (Å²) in [5, 5.41) is 18.7. The number of imidazole rings is 1. The number of fused-ring (bicyclic) bond motifs is 6. The van der Waals surface area contributed by atoms with Gasteiger partial charge >= 0.3 is 17.9 Å². The van der Waals surface area contributed by atoms with Crippen LogP contribution in [0.4, 0.5) is 5.95 Å². The zero-order valence-corrected chi connectivity index (χ0v) is 41.9. The first-order valence-electron chi connectivity index (χ1n) is 24.4. The minimum Gasteiger partial charge on any atom is -0.497 e. The number of aliphatic hydroxyl groups excluding tert-OH is 1. The van der Waals surface area contributed by atoms with E-state index in [2.05, 4.69) is 11.9 Å². The van der Waals surface area contributed by atoms with Gasteiger partial charge in [0.25, 0.3) is 0 Å². The topological polar surface area (TPSA) is 201 Å². The van der Waals surface area contributed by atoms with Crippen molar-refractivity contribution in [3.05, 3.63) is 174 Å². The van der Waals surface area contributed by atoms with Crippen molar-refractivity contribution in [2.75, 3.05) is 32.8 Å². The van der Waals surface area contributed by atoms with Crippen LogP contribution in [0.3, 0.4) is 0 Å². The van der Waals surface area contributed by atoms with E-state index in [-0.39, 0.29) is 42.6 Å². The number of ether oxygens (including phenoxy) is 8. The van der Waals surface area contributed by atoms with Gasteiger partial charge in [-0.05, 0) is 68.1 Å². The van der Waals surface area contributed by atoms with Crippen molar-refractivity contribution in [3.8, 4) is 17.4 Å². The lowest BCUT2D eigenvalue weighted by Crippen LogP contribution is -2.50. The standard InChI is InChI=1S/C58H55N5O12/c1-7-29-70-56-51-55(61-57(62-56)60-50-49-44(28-19-37-18-17-36-13-11-12-16-43(36)48(37)49)52(72-33(2)64)54(74-35(4)66)53(50)73-34(3)65)63(32-59-51)47-30-45(67)46(75-47)31-71-58(38-14-9-8-10-15-38,39-20-24-41(68-5)25-21-39)40-22-26-42(69-6)27-23-40/h7-28,32,45-47,50,52-54,67H,1,29-31H2,2-6H3,(H,60,61,62)/t45-,46+,47+,50-,52-,53-,54+/m0/s1. The molecule has 17 nitrogen and oxygen atoms in total. The maximum atomic E-state index is 13.2. The minimum atomic E-state index is -1.32. The highest BCUT2D eigenvalue weighted by Gasteiger charge is 2.50. The fourth-order valence-corrected chi connectivity index (χ4v) is 10.4. The van der Waals surface area contributed by atoms with Crippen LogP contribution >= 0.6 is 0 Å². The molecule has 7 atom stereocenters. The third kappa shape index (κ3) is 9.68. The van der Waals surface area contributed by atoms with Gasteiger partial charge in [0.2, 0.25) is 11.8 Å². The average Bonchev–Trinajstić information content (AvgIpc) is 4.02. The lowest BCUT2D eigenvalue weighted by atomic mass is 9.77. The number of carbonyl (C=O) groups is 3. The molecule has 10 rings (SSSR count). The molecule has 2 aliphatic rings. The van der Waals surface area contributed by atoms with E-state index in [1.54, 1.807) is 31.2 Å². The van der Waals surface area contributed by atoms with E-state index in [1.807, 2.05) is 127 Å². The molecule has 1 fully saturated rings. The summed E-state index contributed by atoms with van der Waals surface area (Å²) in [6, 6.07) is 39.7. The quantitative estimate of drug-likeness (QED) is 0.0287.